The Morgan fingerprint density at radius 2 is 1.24 bits per heavy atom. The molecule has 0 radical (unpaired) electrons. The lowest BCUT2D eigenvalue weighted by molar-refractivity contribution is -0.399. The SMILES string of the molecule is CC(=O)O[C@@H]1C[C@]2(C)C(=CC[C@@H]3[C@@]4(C)CC[C@H](O[C@@H]5O[C@H](C(=O)O)[C@@H](O)[C@H](O[C@@H]6OC[C@H](O)[C@H](O)[C@H]6O[C@@H]6OC[C@@H](O)[C@H](O)[C@H]6O)[C@H]5O[C@@H]5O[C@H](CO)[C@H](O)[C@H](O)[C@H]5O)C(C)(C)[C@@H]4CC[C@]32C)[C@@H]2CC(C)(C)[C@@H](OC(=O)/C=C\c3ccccc3)[C@H](OC(C)=O)[C@]12CO. The highest BCUT2D eigenvalue weighted by Gasteiger charge is 2.75. The zero-order valence-corrected chi connectivity index (χ0v) is 53.3. The third-order valence-corrected chi connectivity index (χ3v) is 23.0. The molecular weight excluding hydrogens is 1210 g/mol. The number of aliphatic hydroxyl groups is 11. The minimum absolute atomic E-state index is 0.0567. The van der Waals surface area contributed by atoms with E-state index in [-0.39, 0.29) is 18.3 Å². The second kappa shape index (κ2) is 26.7. The number of hydrogen-bond acceptors (Lipinski definition) is 26. The first-order chi connectivity index (χ1) is 43.2. The van der Waals surface area contributed by atoms with E-state index in [4.69, 9.17) is 52.1 Å². The number of fused-ring (bicyclic) bond motifs is 7. The zero-order chi connectivity index (χ0) is 67.1. The van der Waals surface area contributed by atoms with Gasteiger partial charge in [0.05, 0.1) is 37.9 Å². The van der Waals surface area contributed by atoms with Crippen LogP contribution in [0.5, 0.6) is 0 Å². The summed E-state index contributed by atoms with van der Waals surface area (Å²) in [5.41, 5.74) is -3.11. The summed E-state index contributed by atoms with van der Waals surface area (Å²) in [4.78, 5) is 53.9. The molecule has 0 aromatic heterocycles. The molecule has 27 heteroatoms. The third-order valence-electron chi connectivity index (χ3n) is 23.0. The number of aliphatic carboxylic acids is 1. The summed E-state index contributed by atoms with van der Waals surface area (Å²) in [6.45, 7) is 14.6. The van der Waals surface area contributed by atoms with Crippen molar-refractivity contribution in [3.05, 3.63) is 53.6 Å². The number of carbonyl (C=O) groups is 4. The number of benzene rings is 1. The predicted molar refractivity (Wildman–Crippen MR) is 314 cm³/mol. The Labute approximate surface area is 533 Å². The van der Waals surface area contributed by atoms with Crippen LogP contribution in [-0.4, -0.2) is 247 Å². The molecule has 10 rings (SSSR count). The van der Waals surface area contributed by atoms with Crippen molar-refractivity contribution in [1.82, 2.24) is 0 Å². The Morgan fingerprint density at radius 3 is 1.88 bits per heavy atom. The van der Waals surface area contributed by atoms with Crippen molar-refractivity contribution in [2.45, 2.75) is 242 Å². The Balaban J connectivity index is 0.970. The lowest BCUT2D eigenvalue weighted by Crippen LogP contribution is -2.73. The lowest BCUT2D eigenvalue weighted by Gasteiger charge is -2.72. The molecule has 9 aliphatic rings. The van der Waals surface area contributed by atoms with Gasteiger partial charge in [0, 0.05) is 25.3 Å². The summed E-state index contributed by atoms with van der Waals surface area (Å²) in [6.07, 6.45) is -29.7. The lowest BCUT2D eigenvalue weighted by atomic mass is 9.33. The highest BCUT2D eigenvalue weighted by atomic mass is 16.8. The number of aliphatic hydroxyl groups excluding tert-OH is 11. The van der Waals surface area contributed by atoms with E-state index in [1.165, 1.54) is 19.9 Å². The molecule has 4 aliphatic heterocycles. The number of carboxylic acid groups (broad SMARTS) is 1. The predicted octanol–water partition coefficient (Wildman–Crippen LogP) is 0.127. The molecule has 1 aromatic rings. The third kappa shape index (κ3) is 12.3. The maximum absolute atomic E-state index is 13.8. The normalized spacial score (nSPS) is 47.3. The zero-order valence-electron chi connectivity index (χ0n) is 53.3. The van der Waals surface area contributed by atoms with Crippen LogP contribution in [-0.2, 0) is 71.3 Å². The fourth-order valence-electron chi connectivity index (χ4n) is 18.0. The quantitative estimate of drug-likeness (QED) is 0.0344. The first kappa shape index (κ1) is 70.6. The van der Waals surface area contributed by atoms with E-state index in [1.54, 1.807) is 6.08 Å². The van der Waals surface area contributed by atoms with Crippen LogP contribution in [0.25, 0.3) is 6.08 Å². The van der Waals surface area contributed by atoms with Crippen LogP contribution in [0, 0.1) is 50.2 Å². The first-order valence-electron chi connectivity index (χ1n) is 31.9. The summed E-state index contributed by atoms with van der Waals surface area (Å²) in [5.74, 6) is -4.44. The van der Waals surface area contributed by atoms with E-state index in [0.717, 1.165) is 11.1 Å². The van der Waals surface area contributed by atoms with E-state index in [1.807, 2.05) is 58.0 Å². The van der Waals surface area contributed by atoms with Crippen LogP contribution >= 0.6 is 0 Å². The Bertz CT molecular complexity index is 2870. The number of ether oxygens (including phenoxy) is 11. The molecule has 4 saturated carbocycles. The molecule has 0 amide bonds. The minimum atomic E-state index is -2.23. The van der Waals surface area contributed by atoms with E-state index in [0.29, 0.717) is 38.5 Å². The van der Waals surface area contributed by atoms with Crippen LogP contribution in [0.15, 0.2) is 48.1 Å². The summed E-state index contributed by atoms with van der Waals surface area (Å²) in [5, 5.41) is 132. The fourth-order valence-corrected chi connectivity index (χ4v) is 18.0. The number of carboxylic acids is 1. The van der Waals surface area contributed by atoms with Crippen molar-refractivity contribution in [2.24, 2.45) is 50.2 Å². The smallest absolute Gasteiger partial charge is 0.335 e. The van der Waals surface area contributed by atoms with Crippen molar-refractivity contribution < 1.29 is 133 Å². The second-order valence-electron chi connectivity index (χ2n) is 29.0. The van der Waals surface area contributed by atoms with Gasteiger partial charge in [-0.05, 0) is 96.0 Å². The van der Waals surface area contributed by atoms with Crippen molar-refractivity contribution >= 4 is 30.0 Å². The summed E-state index contributed by atoms with van der Waals surface area (Å²) in [6, 6.07) is 9.17. The number of hydrogen-bond donors (Lipinski definition) is 12. The minimum Gasteiger partial charge on any atom is -0.479 e. The average Bonchev–Trinajstić information content (AvgIpc) is 0.668. The fraction of sp³-hybridized carbons (Fsp3) is 0.785. The Hall–Kier alpha value is -4.18. The van der Waals surface area contributed by atoms with Crippen LogP contribution < -0.4 is 0 Å². The van der Waals surface area contributed by atoms with Gasteiger partial charge in [0.25, 0.3) is 0 Å². The largest absolute Gasteiger partial charge is 0.479 e. The Morgan fingerprint density at radius 1 is 0.609 bits per heavy atom. The molecule has 0 bridgehead atoms. The molecule has 4 heterocycles. The van der Waals surface area contributed by atoms with E-state index in [2.05, 4.69) is 26.8 Å². The molecule has 8 fully saturated rings. The van der Waals surface area contributed by atoms with Crippen LogP contribution in [0.4, 0.5) is 0 Å². The standard InChI is InChI=1S/C65H94O27/c1-29(68)84-40-24-64(9)32(33-23-60(3,4)53(54(85-30(2)69)65(33,40)28-67)88-41(72)18-15-31-13-11-10-12-14-31)16-17-38-62(7)21-20-39(61(5,6)37(62)19-22-63(38,64)8)87-59-52(92-57-47(78)45(76)44(75)36(25-66)86-57)49(48(79)50(90-59)55(80)81)89-58-51(43(74)35(71)27-83-58)91-56-46(77)42(73)34(70)26-82-56/h10-16,18,33-40,42-54,56-59,66-67,70-71,73-79H,17,19-28H2,1-9H3,(H,80,81)/b18-15-/t33-,34+,35-,36+,37-,38+,39-,40+,42-,43-,44-,45-,46+,47+,48-,49-,50-,51+,52+,53-,54-,56-,57-,58-,59+,62-,63+,64+,65-/m0/s1. The number of allylic oxidation sites excluding steroid dienone is 2. The molecule has 4 saturated heterocycles. The second-order valence-corrected chi connectivity index (χ2v) is 29.0. The summed E-state index contributed by atoms with van der Waals surface area (Å²) in [7, 11) is 0. The first-order valence-corrected chi connectivity index (χ1v) is 31.9. The molecule has 27 nitrogen and oxygen atoms in total. The molecule has 0 spiro atoms. The monoisotopic (exact) mass is 1310 g/mol. The highest BCUT2D eigenvalue weighted by Crippen LogP contribution is 2.76. The van der Waals surface area contributed by atoms with Crippen molar-refractivity contribution in [2.75, 3.05) is 26.4 Å². The van der Waals surface area contributed by atoms with Gasteiger partial charge in [-0.3, -0.25) is 9.59 Å². The number of carbonyl (C=O) groups excluding carboxylic acids is 3. The molecule has 0 unspecified atom stereocenters. The van der Waals surface area contributed by atoms with E-state index < -0.39 is 224 Å². The molecule has 92 heavy (non-hydrogen) atoms. The van der Waals surface area contributed by atoms with E-state index >= 15 is 0 Å². The summed E-state index contributed by atoms with van der Waals surface area (Å²) >= 11 is 0. The van der Waals surface area contributed by atoms with Crippen molar-refractivity contribution in [3.8, 4) is 0 Å². The molecule has 516 valence electrons. The van der Waals surface area contributed by atoms with Gasteiger partial charge < -0.3 is 113 Å². The molecule has 29 atom stereocenters. The van der Waals surface area contributed by atoms with Gasteiger partial charge in [-0.2, -0.15) is 0 Å². The highest BCUT2D eigenvalue weighted by molar-refractivity contribution is 5.87. The Kier molecular flexibility index (Phi) is 20.5. The van der Waals surface area contributed by atoms with Crippen molar-refractivity contribution in [1.29, 1.82) is 0 Å². The number of rotatable bonds is 16. The van der Waals surface area contributed by atoms with Gasteiger partial charge in [0.1, 0.15) is 91.6 Å². The average molecular weight is 1310 g/mol. The van der Waals surface area contributed by atoms with Gasteiger partial charge in [-0.15, -0.1) is 0 Å². The summed E-state index contributed by atoms with van der Waals surface area (Å²) < 4.78 is 67.8. The van der Waals surface area contributed by atoms with Crippen molar-refractivity contribution in [3.63, 3.8) is 0 Å². The molecule has 5 aliphatic carbocycles. The molecule has 1 aromatic carbocycles. The van der Waals surface area contributed by atoms with Crippen LogP contribution in [0.1, 0.15) is 113 Å². The van der Waals surface area contributed by atoms with Gasteiger partial charge in [-0.25, -0.2) is 9.59 Å². The van der Waals surface area contributed by atoms with Gasteiger partial charge in [0.15, 0.2) is 37.4 Å². The molecular formula is C65H94O27. The van der Waals surface area contributed by atoms with Gasteiger partial charge >= 0.3 is 23.9 Å². The maximum atomic E-state index is 13.8. The van der Waals surface area contributed by atoms with Gasteiger partial charge in [0.2, 0.25) is 0 Å². The molecule has 12 N–H and O–H groups in total. The van der Waals surface area contributed by atoms with E-state index in [9.17, 15) is 80.5 Å². The maximum Gasteiger partial charge on any atom is 0.335 e. The number of esters is 3. The van der Waals surface area contributed by atoms with Crippen LogP contribution in [0.2, 0.25) is 0 Å². The van der Waals surface area contributed by atoms with Crippen LogP contribution in [0.3, 0.4) is 0 Å². The van der Waals surface area contributed by atoms with Gasteiger partial charge in [-0.1, -0.05) is 90.4 Å². The topological polar surface area (TPSA) is 413 Å².